The van der Waals surface area contributed by atoms with Gasteiger partial charge in [-0.3, -0.25) is 0 Å². The largest absolute Gasteiger partial charge is 0.339 e. The lowest BCUT2D eigenvalue weighted by Crippen LogP contribution is -2.29. The highest BCUT2D eigenvalue weighted by Crippen LogP contribution is 2.39. The Morgan fingerprint density at radius 1 is 1.10 bits per heavy atom. The van der Waals surface area contributed by atoms with E-state index in [2.05, 4.69) is 24.4 Å². The summed E-state index contributed by atoms with van der Waals surface area (Å²) in [7, 11) is 2.06. The molecular weight excluding hydrogens is 250 g/mol. The third kappa shape index (κ3) is 2.90. The molecule has 4 heteroatoms. The lowest BCUT2D eigenvalue weighted by atomic mass is 9.86. The molecule has 20 heavy (non-hydrogen) atoms. The average molecular weight is 277 g/mol. The van der Waals surface area contributed by atoms with Crippen LogP contribution in [0.25, 0.3) is 0 Å². The number of aromatic nitrogens is 2. The summed E-state index contributed by atoms with van der Waals surface area (Å²) in [6, 6.07) is 0.675. The molecule has 0 amide bonds. The fourth-order valence-corrected chi connectivity index (χ4v) is 3.89. The van der Waals surface area contributed by atoms with E-state index in [0.717, 1.165) is 17.6 Å². The predicted molar refractivity (Wildman–Crippen MR) is 78.7 cm³/mol. The van der Waals surface area contributed by atoms with Crippen LogP contribution in [0, 0.1) is 5.92 Å². The van der Waals surface area contributed by atoms with Crippen LogP contribution in [0.15, 0.2) is 4.52 Å². The molecule has 1 aromatic rings. The number of nitrogens with one attached hydrogen (secondary N) is 1. The average Bonchev–Trinajstić information content (AvgIpc) is 3.16. The van der Waals surface area contributed by atoms with Gasteiger partial charge in [0.15, 0.2) is 5.82 Å². The van der Waals surface area contributed by atoms with Gasteiger partial charge in [-0.25, -0.2) is 0 Å². The van der Waals surface area contributed by atoms with E-state index < -0.39 is 0 Å². The van der Waals surface area contributed by atoms with Gasteiger partial charge >= 0.3 is 0 Å². The maximum Gasteiger partial charge on any atom is 0.229 e. The van der Waals surface area contributed by atoms with Gasteiger partial charge in [0.05, 0.1) is 0 Å². The van der Waals surface area contributed by atoms with E-state index in [1.807, 2.05) is 0 Å². The summed E-state index contributed by atoms with van der Waals surface area (Å²) in [5, 5.41) is 7.65. The number of rotatable bonds is 4. The van der Waals surface area contributed by atoms with Gasteiger partial charge in [-0.05, 0) is 57.9 Å². The van der Waals surface area contributed by atoms with E-state index in [-0.39, 0.29) is 0 Å². The second-order valence-electron chi connectivity index (χ2n) is 6.61. The Hall–Kier alpha value is -0.900. The van der Waals surface area contributed by atoms with Crippen LogP contribution in [-0.4, -0.2) is 23.2 Å². The first-order valence-corrected chi connectivity index (χ1v) is 8.30. The Labute approximate surface area is 121 Å². The predicted octanol–water partition coefficient (Wildman–Crippen LogP) is 3.61. The molecule has 0 spiro atoms. The molecule has 0 aromatic carbocycles. The fourth-order valence-electron chi connectivity index (χ4n) is 3.89. The van der Waals surface area contributed by atoms with Gasteiger partial charge in [-0.2, -0.15) is 4.98 Å². The van der Waals surface area contributed by atoms with Gasteiger partial charge in [0.1, 0.15) is 0 Å². The second-order valence-corrected chi connectivity index (χ2v) is 6.61. The van der Waals surface area contributed by atoms with Crippen molar-refractivity contribution < 1.29 is 4.52 Å². The molecule has 2 aliphatic carbocycles. The molecule has 2 aliphatic rings. The zero-order valence-corrected chi connectivity index (χ0v) is 12.8. The summed E-state index contributed by atoms with van der Waals surface area (Å²) in [6.45, 7) is 2.29. The summed E-state index contributed by atoms with van der Waals surface area (Å²) >= 11 is 0. The fraction of sp³-hybridized carbons (Fsp3) is 0.875. The van der Waals surface area contributed by atoms with Crippen molar-refractivity contribution in [1.82, 2.24) is 15.5 Å². The molecule has 3 rings (SSSR count). The van der Waals surface area contributed by atoms with Crippen LogP contribution >= 0.6 is 0 Å². The zero-order valence-electron chi connectivity index (χ0n) is 12.8. The molecule has 0 radical (unpaired) electrons. The normalized spacial score (nSPS) is 34.5. The summed E-state index contributed by atoms with van der Waals surface area (Å²) in [5.41, 5.74) is 0. The van der Waals surface area contributed by atoms with E-state index in [0.29, 0.717) is 17.9 Å². The molecule has 1 heterocycles. The van der Waals surface area contributed by atoms with Crippen molar-refractivity contribution in [3.63, 3.8) is 0 Å². The smallest absolute Gasteiger partial charge is 0.229 e. The highest BCUT2D eigenvalue weighted by atomic mass is 16.5. The molecule has 2 unspecified atom stereocenters. The maximum absolute atomic E-state index is 5.57. The minimum Gasteiger partial charge on any atom is -0.339 e. The monoisotopic (exact) mass is 277 g/mol. The zero-order chi connectivity index (χ0) is 13.9. The highest BCUT2D eigenvalue weighted by molar-refractivity contribution is 5.03. The Morgan fingerprint density at radius 2 is 1.85 bits per heavy atom. The third-order valence-corrected chi connectivity index (χ3v) is 5.43. The molecule has 1 aromatic heterocycles. The van der Waals surface area contributed by atoms with Gasteiger partial charge < -0.3 is 9.84 Å². The quantitative estimate of drug-likeness (QED) is 0.913. The molecule has 2 atom stereocenters. The minimum absolute atomic E-state index is 0.490. The van der Waals surface area contributed by atoms with Crippen LogP contribution in [0.2, 0.25) is 0 Å². The van der Waals surface area contributed by atoms with Crippen LogP contribution < -0.4 is 5.32 Å². The minimum atomic E-state index is 0.490. The molecule has 2 saturated carbocycles. The summed E-state index contributed by atoms with van der Waals surface area (Å²) in [5.74, 6) is 3.78. The number of hydrogen-bond donors (Lipinski definition) is 1. The van der Waals surface area contributed by atoms with Crippen molar-refractivity contribution in [3.8, 4) is 0 Å². The molecular formula is C16H27N3O. The summed E-state index contributed by atoms with van der Waals surface area (Å²) in [6.07, 6.45) is 9.91. The summed E-state index contributed by atoms with van der Waals surface area (Å²) in [4.78, 5) is 4.74. The standard InChI is InChI=1S/C16H27N3O/c1-3-11-4-5-13(10-11)15-18-16(20-19-15)12-6-8-14(17-2)9-7-12/h11-14,17H,3-10H2,1-2H3. The van der Waals surface area contributed by atoms with Crippen LogP contribution in [-0.2, 0) is 0 Å². The van der Waals surface area contributed by atoms with E-state index in [4.69, 9.17) is 9.51 Å². The summed E-state index contributed by atoms with van der Waals surface area (Å²) < 4.78 is 5.57. The molecule has 1 N–H and O–H groups in total. The van der Waals surface area contributed by atoms with Gasteiger partial charge in [0, 0.05) is 17.9 Å². The van der Waals surface area contributed by atoms with Crippen LogP contribution in [0.3, 0.4) is 0 Å². The van der Waals surface area contributed by atoms with E-state index >= 15 is 0 Å². The molecule has 0 saturated heterocycles. The SMILES string of the molecule is CCC1CCC(c2noc(C3CCC(NC)CC3)n2)C1. The Kier molecular flexibility index (Phi) is 4.39. The molecule has 0 aliphatic heterocycles. The molecule has 0 bridgehead atoms. The topological polar surface area (TPSA) is 51.0 Å². The first-order chi connectivity index (χ1) is 9.80. The maximum atomic E-state index is 5.57. The first kappa shape index (κ1) is 14.1. The van der Waals surface area contributed by atoms with Crippen molar-refractivity contribution in [2.75, 3.05) is 7.05 Å². The Morgan fingerprint density at radius 3 is 2.50 bits per heavy atom. The Bertz CT molecular complexity index is 423. The van der Waals surface area contributed by atoms with Crippen LogP contribution in [0.1, 0.15) is 81.8 Å². The number of hydrogen-bond acceptors (Lipinski definition) is 4. The van der Waals surface area contributed by atoms with Crippen LogP contribution in [0.4, 0.5) is 0 Å². The Balaban J connectivity index is 1.60. The van der Waals surface area contributed by atoms with Crippen molar-refractivity contribution >= 4 is 0 Å². The molecule has 4 nitrogen and oxygen atoms in total. The van der Waals surface area contributed by atoms with Crippen molar-refractivity contribution in [2.45, 2.75) is 76.2 Å². The molecule has 2 fully saturated rings. The van der Waals surface area contributed by atoms with Gasteiger partial charge in [-0.15, -0.1) is 0 Å². The van der Waals surface area contributed by atoms with Gasteiger partial charge in [0.25, 0.3) is 0 Å². The highest BCUT2D eigenvalue weighted by Gasteiger charge is 2.30. The van der Waals surface area contributed by atoms with Gasteiger partial charge in [0.2, 0.25) is 5.89 Å². The number of nitrogens with zero attached hydrogens (tertiary/aromatic N) is 2. The lowest BCUT2D eigenvalue weighted by molar-refractivity contribution is 0.287. The van der Waals surface area contributed by atoms with Crippen molar-refractivity contribution in [3.05, 3.63) is 11.7 Å². The van der Waals surface area contributed by atoms with Crippen LogP contribution in [0.5, 0.6) is 0 Å². The van der Waals surface area contributed by atoms with E-state index in [1.54, 1.807) is 0 Å². The first-order valence-electron chi connectivity index (χ1n) is 8.30. The third-order valence-electron chi connectivity index (χ3n) is 5.43. The van der Waals surface area contributed by atoms with E-state index in [9.17, 15) is 0 Å². The lowest BCUT2D eigenvalue weighted by Gasteiger charge is -2.25. The van der Waals surface area contributed by atoms with E-state index in [1.165, 1.54) is 51.4 Å². The molecule has 112 valence electrons. The van der Waals surface area contributed by atoms with Gasteiger partial charge in [-0.1, -0.05) is 18.5 Å². The van der Waals surface area contributed by atoms with Crippen molar-refractivity contribution in [2.24, 2.45) is 5.92 Å². The van der Waals surface area contributed by atoms with Crippen molar-refractivity contribution in [1.29, 1.82) is 0 Å². The second kappa shape index (κ2) is 6.25.